The van der Waals surface area contributed by atoms with Gasteiger partial charge in [-0.1, -0.05) is 48.0 Å². The third-order valence-corrected chi connectivity index (χ3v) is 4.33. The number of hydrogen-bond donors (Lipinski definition) is 3. The summed E-state index contributed by atoms with van der Waals surface area (Å²) >= 11 is 6.19. The van der Waals surface area contributed by atoms with Crippen molar-refractivity contribution in [2.75, 3.05) is 0 Å². The third-order valence-electron chi connectivity index (χ3n) is 3.96. The first kappa shape index (κ1) is 18.5. The molecule has 6 heteroatoms. The quantitative estimate of drug-likeness (QED) is 0.460. The average Bonchev–Trinajstić information content (AvgIpc) is 2.66. The first-order chi connectivity index (χ1) is 13.0. The number of halogens is 1. The lowest BCUT2D eigenvalue weighted by Gasteiger charge is -2.07. The molecule has 0 spiro atoms. The molecule has 3 rings (SSSR count). The third kappa shape index (κ3) is 4.65. The normalized spacial score (nSPS) is 10.9. The number of nitrogens with one attached hydrogen (secondary N) is 1. The molecular formula is C21H17ClN2O3. The molecule has 0 aliphatic carbocycles. The number of rotatable bonds is 5. The number of nitrogens with zero attached hydrogens (tertiary/aromatic N) is 1. The average molecular weight is 381 g/mol. The molecule has 0 fully saturated rings. The molecule has 0 saturated heterocycles. The predicted octanol–water partition coefficient (Wildman–Crippen LogP) is 4.11. The standard InChI is InChI=1S/C21H17ClN2O3/c22-18-7-3-1-5-15(18)11-14-9-10-19(25)16(12-14)13-23-24-21(27)17-6-2-4-8-20(17)26/h1-10,12-13,25-26H,11H2,(H,24,27)/b23-13+. The molecule has 0 atom stereocenters. The number of aromatic hydroxyl groups is 2. The number of para-hydroxylation sites is 1. The number of amides is 1. The van der Waals surface area contributed by atoms with E-state index in [1.165, 1.54) is 18.3 Å². The summed E-state index contributed by atoms with van der Waals surface area (Å²) in [5.41, 5.74) is 4.82. The Bertz CT molecular complexity index is 1000. The first-order valence-corrected chi connectivity index (χ1v) is 8.59. The highest BCUT2D eigenvalue weighted by atomic mass is 35.5. The van der Waals surface area contributed by atoms with E-state index in [1.54, 1.807) is 30.3 Å². The fraction of sp³-hybridized carbons (Fsp3) is 0.0476. The van der Waals surface area contributed by atoms with E-state index in [-0.39, 0.29) is 17.1 Å². The van der Waals surface area contributed by atoms with Gasteiger partial charge in [0.25, 0.3) is 5.91 Å². The van der Waals surface area contributed by atoms with Gasteiger partial charge in [0.1, 0.15) is 11.5 Å². The number of carbonyl (C=O) groups excluding carboxylic acids is 1. The van der Waals surface area contributed by atoms with Gasteiger partial charge >= 0.3 is 0 Å². The molecule has 3 N–H and O–H groups in total. The summed E-state index contributed by atoms with van der Waals surface area (Å²) in [6.07, 6.45) is 1.95. The van der Waals surface area contributed by atoms with Crippen molar-refractivity contribution in [2.24, 2.45) is 5.10 Å². The van der Waals surface area contributed by atoms with Crippen LogP contribution >= 0.6 is 11.6 Å². The zero-order valence-electron chi connectivity index (χ0n) is 14.3. The number of phenolic OH excluding ortho intramolecular Hbond substituents is 2. The number of carbonyl (C=O) groups is 1. The van der Waals surface area contributed by atoms with Crippen LogP contribution in [0.2, 0.25) is 5.02 Å². The molecule has 0 saturated carbocycles. The predicted molar refractivity (Wildman–Crippen MR) is 106 cm³/mol. The van der Waals surface area contributed by atoms with E-state index < -0.39 is 5.91 Å². The van der Waals surface area contributed by atoms with Crippen molar-refractivity contribution < 1.29 is 15.0 Å². The van der Waals surface area contributed by atoms with Crippen molar-refractivity contribution in [3.63, 3.8) is 0 Å². The highest BCUT2D eigenvalue weighted by Crippen LogP contribution is 2.22. The Kier molecular flexibility index (Phi) is 5.74. The molecule has 0 radical (unpaired) electrons. The van der Waals surface area contributed by atoms with Gasteiger partial charge in [-0.2, -0.15) is 5.10 Å². The van der Waals surface area contributed by atoms with Crippen LogP contribution in [-0.2, 0) is 6.42 Å². The van der Waals surface area contributed by atoms with Crippen LogP contribution in [0.25, 0.3) is 0 Å². The first-order valence-electron chi connectivity index (χ1n) is 8.21. The lowest BCUT2D eigenvalue weighted by atomic mass is 10.0. The van der Waals surface area contributed by atoms with E-state index >= 15 is 0 Å². The number of phenols is 2. The van der Waals surface area contributed by atoms with Crippen LogP contribution in [0.1, 0.15) is 27.0 Å². The Morgan fingerprint density at radius 3 is 2.52 bits per heavy atom. The van der Waals surface area contributed by atoms with Gasteiger partial charge < -0.3 is 10.2 Å². The lowest BCUT2D eigenvalue weighted by Crippen LogP contribution is -2.17. The Labute approximate surface area is 161 Å². The van der Waals surface area contributed by atoms with Gasteiger partial charge in [0, 0.05) is 10.6 Å². The minimum atomic E-state index is -0.545. The monoisotopic (exact) mass is 380 g/mol. The molecule has 3 aromatic rings. The molecular weight excluding hydrogens is 364 g/mol. The number of hydrogen-bond acceptors (Lipinski definition) is 4. The minimum absolute atomic E-state index is 0.0402. The summed E-state index contributed by atoms with van der Waals surface area (Å²) in [4.78, 5) is 12.0. The summed E-state index contributed by atoms with van der Waals surface area (Å²) < 4.78 is 0. The summed E-state index contributed by atoms with van der Waals surface area (Å²) in [5, 5.41) is 24.2. The number of hydrazone groups is 1. The van der Waals surface area contributed by atoms with Gasteiger partial charge in [0.15, 0.2) is 0 Å². The Morgan fingerprint density at radius 1 is 1.00 bits per heavy atom. The second kappa shape index (κ2) is 8.38. The van der Waals surface area contributed by atoms with E-state index in [9.17, 15) is 15.0 Å². The Hall–Kier alpha value is -3.31. The van der Waals surface area contributed by atoms with Crippen LogP contribution in [-0.4, -0.2) is 22.3 Å². The van der Waals surface area contributed by atoms with Crippen molar-refractivity contribution in [3.05, 3.63) is 94.0 Å². The largest absolute Gasteiger partial charge is 0.507 e. The molecule has 5 nitrogen and oxygen atoms in total. The fourth-order valence-electron chi connectivity index (χ4n) is 2.57. The van der Waals surface area contributed by atoms with E-state index in [0.717, 1.165) is 11.1 Å². The minimum Gasteiger partial charge on any atom is -0.507 e. The lowest BCUT2D eigenvalue weighted by molar-refractivity contribution is 0.0952. The maximum atomic E-state index is 12.0. The second-order valence-corrected chi connectivity index (χ2v) is 6.28. The van der Waals surface area contributed by atoms with Crippen molar-refractivity contribution in [1.82, 2.24) is 5.43 Å². The summed E-state index contributed by atoms with van der Waals surface area (Å²) in [7, 11) is 0. The molecule has 3 aromatic carbocycles. The van der Waals surface area contributed by atoms with E-state index in [0.29, 0.717) is 17.0 Å². The van der Waals surface area contributed by atoms with Gasteiger partial charge in [-0.25, -0.2) is 5.43 Å². The molecule has 136 valence electrons. The van der Waals surface area contributed by atoms with Gasteiger partial charge in [0.05, 0.1) is 11.8 Å². The van der Waals surface area contributed by atoms with Crippen LogP contribution in [0.3, 0.4) is 0 Å². The maximum Gasteiger partial charge on any atom is 0.275 e. The summed E-state index contributed by atoms with van der Waals surface area (Å²) in [6, 6.07) is 18.9. The molecule has 27 heavy (non-hydrogen) atoms. The molecule has 0 aromatic heterocycles. The maximum absolute atomic E-state index is 12.0. The Morgan fingerprint density at radius 2 is 1.74 bits per heavy atom. The van der Waals surface area contributed by atoms with Crippen LogP contribution < -0.4 is 5.43 Å². The molecule has 1 amide bonds. The van der Waals surface area contributed by atoms with E-state index in [2.05, 4.69) is 10.5 Å². The number of benzene rings is 3. The van der Waals surface area contributed by atoms with Crippen molar-refractivity contribution in [2.45, 2.75) is 6.42 Å². The zero-order chi connectivity index (χ0) is 19.2. The summed E-state index contributed by atoms with van der Waals surface area (Å²) in [6.45, 7) is 0. The highest BCUT2D eigenvalue weighted by molar-refractivity contribution is 6.31. The molecule has 0 aliphatic rings. The zero-order valence-corrected chi connectivity index (χ0v) is 15.0. The van der Waals surface area contributed by atoms with Crippen molar-refractivity contribution >= 4 is 23.7 Å². The fourth-order valence-corrected chi connectivity index (χ4v) is 2.77. The van der Waals surface area contributed by atoms with Crippen LogP contribution in [0, 0.1) is 0 Å². The summed E-state index contributed by atoms with van der Waals surface area (Å²) in [5.74, 6) is -0.635. The smallest absolute Gasteiger partial charge is 0.275 e. The van der Waals surface area contributed by atoms with Gasteiger partial charge in [0.2, 0.25) is 0 Å². The Balaban J connectivity index is 1.73. The van der Waals surface area contributed by atoms with E-state index in [1.807, 2.05) is 24.3 Å². The highest BCUT2D eigenvalue weighted by Gasteiger charge is 2.09. The van der Waals surface area contributed by atoms with Crippen molar-refractivity contribution in [1.29, 1.82) is 0 Å². The van der Waals surface area contributed by atoms with Crippen LogP contribution in [0.5, 0.6) is 11.5 Å². The molecule has 0 bridgehead atoms. The SMILES string of the molecule is O=C(N/N=C/c1cc(Cc2ccccc2Cl)ccc1O)c1ccccc1O. The van der Waals surface area contributed by atoms with Crippen LogP contribution in [0.4, 0.5) is 0 Å². The van der Waals surface area contributed by atoms with E-state index in [4.69, 9.17) is 11.6 Å². The van der Waals surface area contributed by atoms with Crippen LogP contribution in [0.15, 0.2) is 71.8 Å². The molecule has 0 heterocycles. The molecule has 0 aliphatic heterocycles. The van der Waals surface area contributed by atoms with Gasteiger partial charge in [-0.3, -0.25) is 4.79 Å². The second-order valence-electron chi connectivity index (χ2n) is 5.88. The molecule has 0 unspecified atom stereocenters. The van der Waals surface area contributed by atoms with Gasteiger partial charge in [-0.05, 0) is 47.9 Å². The topological polar surface area (TPSA) is 81.9 Å². The van der Waals surface area contributed by atoms with Crippen molar-refractivity contribution in [3.8, 4) is 11.5 Å². The van der Waals surface area contributed by atoms with Gasteiger partial charge in [-0.15, -0.1) is 0 Å².